The van der Waals surface area contributed by atoms with Crippen LogP contribution < -0.4 is 0 Å². The van der Waals surface area contributed by atoms with E-state index in [9.17, 15) is 4.79 Å². The number of ketones is 1. The number of hydrogen-bond acceptors (Lipinski definition) is 3. The van der Waals surface area contributed by atoms with E-state index in [4.69, 9.17) is 23.2 Å². The molecule has 0 unspecified atom stereocenters. The average Bonchev–Trinajstić information content (AvgIpc) is 2.59. The fourth-order valence-electron chi connectivity index (χ4n) is 1.30. The minimum absolute atomic E-state index is 0.276. The Morgan fingerprint density at radius 1 is 1.31 bits per heavy atom. The van der Waals surface area contributed by atoms with E-state index in [2.05, 4.69) is 10.1 Å². The fraction of sp³-hybridized carbons (Fsp3) is 0.100. The number of aryl methyl sites for hydroxylation is 1. The Morgan fingerprint density at radius 2 is 2.06 bits per heavy atom. The van der Waals surface area contributed by atoms with Gasteiger partial charge in [-0.3, -0.25) is 14.5 Å². The third-order valence-electron chi connectivity index (χ3n) is 2.07. The van der Waals surface area contributed by atoms with Gasteiger partial charge in [-0.2, -0.15) is 5.10 Å². The van der Waals surface area contributed by atoms with Gasteiger partial charge in [0, 0.05) is 13.2 Å². The van der Waals surface area contributed by atoms with Gasteiger partial charge in [-0.1, -0.05) is 23.2 Å². The number of halogens is 2. The van der Waals surface area contributed by atoms with Crippen molar-refractivity contribution in [2.24, 2.45) is 7.05 Å². The molecule has 0 saturated carbocycles. The van der Waals surface area contributed by atoms with Gasteiger partial charge >= 0.3 is 0 Å². The highest BCUT2D eigenvalue weighted by atomic mass is 35.5. The number of rotatable bonds is 2. The number of aromatic nitrogens is 3. The Balaban J connectivity index is 2.43. The van der Waals surface area contributed by atoms with Crippen molar-refractivity contribution in [3.8, 4) is 0 Å². The monoisotopic (exact) mass is 255 g/mol. The molecule has 0 fully saturated rings. The Kier molecular flexibility index (Phi) is 2.94. The highest BCUT2D eigenvalue weighted by Crippen LogP contribution is 2.18. The number of carbonyl (C=O) groups is 1. The molecule has 2 aromatic heterocycles. The Hall–Kier alpha value is -1.39. The molecule has 82 valence electrons. The van der Waals surface area contributed by atoms with E-state index in [1.165, 1.54) is 17.1 Å². The zero-order valence-electron chi connectivity index (χ0n) is 8.32. The largest absolute Gasteiger partial charge is 0.285 e. The van der Waals surface area contributed by atoms with Crippen LogP contribution in [0.1, 0.15) is 16.2 Å². The maximum absolute atomic E-state index is 12.0. The number of hydrogen-bond donors (Lipinski definition) is 0. The second kappa shape index (κ2) is 4.23. The smallest absolute Gasteiger partial charge is 0.230 e. The van der Waals surface area contributed by atoms with E-state index in [-0.39, 0.29) is 11.5 Å². The van der Waals surface area contributed by atoms with Crippen LogP contribution in [0.3, 0.4) is 0 Å². The zero-order valence-corrected chi connectivity index (χ0v) is 9.83. The van der Waals surface area contributed by atoms with E-state index in [1.54, 1.807) is 19.2 Å². The van der Waals surface area contributed by atoms with Crippen LogP contribution in [0.2, 0.25) is 10.0 Å². The second-order valence-corrected chi connectivity index (χ2v) is 4.00. The van der Waals surface area contributed by atoms with Crippen LogP contribution in [0.25, 0.3) is 0 Å². The van der Waals surface area contributed by atoms with Crippen LogP contribution in [0, 0.1) is 0 Å². The Morgan fingerprint density at radius 3 is 2.56 bits per heavy atom. The SMILES string of the molecule is Cn1ncc(Cl)c1C(=O)c1ccc(Cl)cn1. The van der Waals surface area contributed by atoms with Crippen LogP contribution in [-0.2, 0) is 7.05 Å². The standard InChI is InChI=1S/C10H7Cl2N3O/c1-15-9(7(12)5-14-15)10(16)8-3-2-6(11)4-13-8/h2-5H,1H3. The van der Waals surface area contributed by atoms with Crippen LogP contribution >= 0.6 is 23.2 Å². The molecular weight excluding hydrogens is 249 g/mol. The van der Waals surface area contributed by atoms with Crippen molar-refractivity contribution in [3.63, 3.8) is 0 Å². The molecule has 0 aliphatic heterocycles. The van der Waals surface area contributed by atoms with Gasteiger partial charge in [-0.05, 0) is 12.1 Å². The lowest BCUT2D eigenvalue weighted by Crippen LogP contribution is -2.10. The molecule has 6 heteroatoms. The Bertz CT molecular complexity index is 514. The maximum Gasteiger partial charge on any atom is 0.230 e. The summed E-state index contributed by atoms with van der Waals surface area (Å²) < 4.78 is 1.42. The first-order valence-electron chi connectivity index (χ1n) is 4.43. The van der Waals surface area contributed by atoms with Gasteiger partial charge in [0.15, 0.2) is 0 Å². The first kappa shape index (κ1) is 11.1. The predicted octanol–water partition coefficient (Wildman–Crippen LogP) is 2.35. The van der Waals surface area contributed by atoms with Crippen molar-refractivity contribution in [3.05, 3.63) is 46.0 Å². The van der Waals surface area contributed by atoms with E-state index in [0.717, 1.165) is 0 Å². The molecule has 0 spiro atoms. The summed E-state index contributed by atoms with van der Waals surface area (Å²) in [5, 5.41) is 4.68. The molecule has 2 aromatic rings. The Labute approximate surface area is 102 Å². The molecule has 0 aliphatic rings. The quantitative estimate of drug-likeness (QED) is 0.775. The summed E-state index contributed by atoms with van der Waals surface area (Å²) in [6.07, 6.45) is 2.84. The molecule has 0 atom stereocenters. The van der Waals surface area contributed by atoms with Gasteiger partial charge in [0.25, 0.3) is 0 Å². The van der Waals surface area contributed by atoms with Crippen LogP contribution in [0.15, 0.2) is 24.5 Å². The summed E-state index contributed by atoms with van der Waals surface area (Å²) in [5.41, 5.74) is 0.603. The molecule has 0 N–H and O–H groups in total. The molecule has 0 saturated heterocycles. The van der Waals surface area contributed by atoms with Crippen LogP contribution in [0.4, 0.5) is 0 Å². The third-order valence-corrected chi connectivity index (χ3v) is 2.57. The van der Waals surface area contributed by atoms with Gasteiger partial charge in [-0.25, -0.2) is 0 Å². The van der Waals surface area contributed by atoms with Crippen LogP contribution in [-0.4, -0.2) is 20.5 Å². The topological polar surface area (TPSA) is 47.8 Å². The summed E-state index contributed by atoms with van der Waals surface area (Å²) in [5.74, 6) is -0.276. The van der Waals surface area contributed by atoms with Crippen molar-refractivity contribution in [1.82, 2.24) is 14.8 Å². The molecule has 4 nitrogen and oxygen atoms in total. The molecule has 0 aliphatic carbocycles. The number of carbonyl (C=O) groups excluding carboxylic acids is 1. The minimum atomic E-state index is -0.276. The summed E-state index contributed by atoms with van der Waals surface area (Å²) in [7, 11) is 1.65. The molecule has 0 amide bonds. The highest BCUT2D eigenvalue weighted by Gasteiger charge is 2.18. The van der Waals surface area contributed by atoms with Gasteiger partial charge in [0.2, 0.25) is 5.78 Å². The lowest BCUT2D eigenvalue weighted by Gasteiger charge is -2.01. The summed E-state index contributed by atoms with van der Waals surface area (Å²) >= 11 is 11.5. The molecule has 0 radical (unpaired) electrons. The van der Waals surface area contributed by atoms with Gasteiger partial charge < -0.3 is 0 Å². The summed E-state index contributed by atoms with van der Waals surface area (Å²) in [6, 6.07) is 3.15. The predicted molar refractivity (Wildman–Crippen MR) is 60.9 cm³/mol. The normalized spacial score (nSPS) is 10.4. The lowest BCUT2D eigenvalue weighted by atomic mass is 10.2. The first-order valence-corrected chi connectivity index (χ1v) is 5.19. The van der Waals surface area contributed by atoms with Crippen molar-refractivity contribution in [1.29, 1.82) is 0 Å². The molecular formula is C10H7Cl2N3O. The first-order chi connectivity index (χ1) is 7.59. The third kappa shape index (κ3) is 1.94. The zero-order chi connectivity index (χ0) is 11.7. The van der Waals surface area contributed by atoms with Crippen molar-refractivity contribution < 1.29 is 4.79 Å². The van der Waals surface area contributed by atoms with Gasteiger partial charge in [0.1, 0.15) is 11.4 Å². The van der Waals surface area contributed by atoms with Gasteiger partial charge in [0.05, 0.1) is 16.2 Å². The molecule has 2 rings (SSSR count). The average molecular weight is 256 g/mol. The second-order valence-electron chi connectivity index (χ2n) is 3.16. The molecule has 16 heavy (non-hydrogen) atoms. The van der Waals surface area contributed by atoms with Crippen molar-refractivity contribution in [2.75, 3.05) is 0 Å². The summed E-state index contributed by atoms with van der Waals surface area (Å²) in [4.78, 5) is 15.9. The summed E-state index contributed by atoms with van der Waals surface area (Å²) in [6.45, 7) is 0. The highest BCUT2D eigenvalue weighted by molar-refractivity contribution is 6.34. The van der Waals surface area contributed by atoms with E-state index < -0.39 is 0 Å². The van der Waals surface area contributed by atoms with E-state index in [1.807, 2.05) is 0 Å². The van der Waals surface area contributed by atoms with Crippen molar-refractivity contribution in [2.45, 2.75) is 0 Å². The fourth-order valence-corrected chi connectivity index (χ4v) is 1.66. The van der Waals surface area contributed by atoms with E-state index in [0.29, 0.717) is 15.7 Å². The van der Waals surface area contributed by atoms with Crippen molar-refractivity contribution >= 4 is 29.0 Å². The van der Waals surface area contributed by atoms with E-state index >= 15 is 0 Å². The van der Waals surface area contributed by atoms with Gasteiger partial charge in [-0.15, -0.1) is 0 Å². The molecule has 0 bridgehead atoms. The maximum atomic E-state index is 12.0. The minimum Gasteiger partial charge on any atom is -0.285 e. The number of nitrogens with zero attached hydrogens (tertiary/aromatic N) is 3. The van der Waals surface area contributed by atoms with Crippen LogP contribution in [0.5, 0.6) is 0 Å². The molecule has 2 heterocycles. The molecule has 0 aromatic carbocycles. The number of pyridine rings is 1. The lowest BCUT2D eigenvalue weighted by molar-refractivity contribution is 0.102.